The summed E-state index contributed by atoms with van der Waals surface area (Å²) in [5.74, 6) is 0.504. The first kappa shape index (κ1) is 32.6. The van der Waals surface area contributed by atoms with E-state index in [9.17, 15) is 14.0 Å². The van der Waals surface area contributed by atoms with Gasteiger partial charge in [0, 0.05) is 55.9 Å². The van der Waals surface area contributed by atoms with Crippen LogP contribution in [0.4, 0.5) is 21.6 Å². The second-order valence-corrected chi connectivity index (χ2v) is 11.8. The van der Waals surface area contributed by atoms with Crippen LogP contribution >= 0.6 is 11.6 Å². The van der Waals surface area contributed by atoms with Crippen molar-refractivity contribution in [3.63, 3.8) is 0 Å². The van der Waals surface area contributed by atoms with E-state index in [1.54, 1.807) is 19.1 Å². The van der Waals surface area contributed by atoms with Crippen LogP contribution in [-0.2, 0) is 14.3 Å². The molecule has 1 saturated carbocycles. The Hall–Kier alpha value is -3.80. The Morgan fingerprint density at radius 2 is 1.84 bits per heavy atom. The van der Waals surface area contributed by atoms with E-state index >= 15 is 0 Å². The molecule has 2 aromatic carbocycles. The van der Waals surface area contributed by atoms with Gasteiger partial charge in [-0.05, 0) is 49.9 Å². The number of nitrogens with one attached hydrogen (secondary N) is 2. The molecule has 0 unspecified atom stereocenters. The molecule has 1 aliphatic heterocycles. The van der Waals surface area contributed by atoms with E-state index in [1.165, 1.54) is 43.8 Å². The third kappa shape index (κ3) is 9.35. The van der Waals surface area contributed by atoms with Gasteiger partial charge in [-0.3, -0.25) is 19.4 Å². The molecule has 10 nitrogen and oxygen atoms in total. The van der Waals surface area contributed by atoms with Crippen LogP contribution in [0.25, 0.3) is 10.9 Å². The van der Waals surface area contributed by atoms with E-state index < -0.39 is 5.82 Å². The number of rotatable bonds is 12. The molecule has 240 valence electrons. The average Bonchev–Trinajstić information content (AvgIpc) is 3.03. The monoisotopic (exact) mass is 638 g/mol. The SMILES string of the molecule is CCOC(=O)CN1CCN(CC=CC(=O)Nc2cc3c(Nc4ccc(F)c(Cl)c4)ncnc3cc2OCC2CCCCC2)CC1. The van der Waals surface area contributed by atoms with Gasteiger partial charge in [-0.25, -0.2) is 14.4 Å². The smallest absolute Gasteiger partial charge is 0.320 e. The lowest BCUT2D eigenvalue weighted by Gasteiger charge is -2.33. The summed E-state index contributed by atoms with van der Waals surface area (Å²) in [7, 11) is 0. The fourth-order valence-corrected chi connectivity index (χ4v) is 5.86. The van der Waals surface area contributed by atoms with E-state index in [1.807, 2.05) is 12.1 Å². The van der Waals surface area contributed by atoms with Gasteiger partial charge in [0.25, 0.3) is 0 Å². The highest BCUT2D eigenvalue weighted by Crippen LogP contribution is 2.35. The summed E-state index contributed by atoms with van der Waals surface area (Å²) in [5, 5.41) is 6.83. The molecular formula is C33H40ClFN6O4. The second-order valence-electron chi connectivity index (χ2n) is 11.4. The molecule has 5 rings (SSSR count). The molecule has 2 heterocycles. The number of nitrogens with zero attached hydrogens (tertiary/aromatic N) is 4. The highest BCUT2D eigenvalue weighted by atomic mass is 35.5. The highest BCUT2D eigenvalue weighted by molar-refractivity contribution is 6.31. The quantitative estimate of drug-likeness (QED) is 0.188. The third-order valence-electron chi connectivity index (χ3n) is 8.13. The maximum atomic E-state index is 13.7. The summed E-state index contributed by atoms with van der Waals surface area (Å²) >= 11 is 5.99. The van der Waals surface area contributed by atoms with Gasteiger partial charge in [-0.2, -0.15) is 0 Å². The van der Waals surface area contributed by atoms with Gasteiger partial charge in [0.15, 0.2) is 0 Å². The van der Waals surface area contributed by atoms with Gasteiger partial charge in [0.05, 0.1) is 36.0 Å². The number of ether oxygens (including phenoxy) is 2. The molecule has 1 amide bonds. The number of hydrogen-bond donors (Lipinski definition) is 2. The van der Waals surface area contributed by atoms with Crippen LogP contribution in [0.15, 0.2) is 48.8 Å². The lowest BCUT2D eigenvalue weighted by Crippen LogP contribution is -2.48. The van der Waals surface area contributed by atoms with Crippen molar-refractivity contribution >= 4 is 51.6 Å². The van der Waals surface area contributed by atoms with Crippen molar-refractivity contribution in [1.29, 1.82) is 0 Å². The maximum Gasteiger partial charge on any atom is 0.320 e. The van der Waals surface area contributed by atoms with Crippen molar-refractivity contribution in [2.24, 2.45) is 5.92 Å². The number of esters is 1. The number of halogens is 2. The van der Waals surface area contributed by atoms with Crippen molar-refractivity contribution in [2.45, 2.75) is 39.0 Å². The number of anilines is 3. The third-order valence-corrected chi connectivity index (χ3v) is 8.42. The van der Waals surface area contributed by atoms with Gasteiger partial charge < -0.3 is 20.1 Å². The Labute approximate surface area is 267 Å². The zero-order valence-electron chi connectivity index (χ0n) is 25.6. The summed E-state index contributed by atoms with van der Waals surface area (Å²) in [6.45, 7) is 6.79. The predicted molar refractivity (Wildman–Crippen MR) is 174 cm³/mol. The average molecular weight is 639 g/mol. The minimum atomic E-state index is -0.510. The predicted octanol–water partition coefficient (Wildman–Crippen LogP) is 5.80. The van der Waals surface area contributed by atoms with Crippen LogP contribution in [0.2, 0.25) is 5.02 Å². The summed E-state index contributed by atoms with van der Waals surface area (Å²) < 4.78 is 25.1. The van der Waals surface area contributed by atoms with E-state index in [0.29, 0.717) is 66.1 Å². The Bertz CT molecular complexity index is 1510. The number of benzene rings is 2. The molecule has 12 heteroatoms. The topological polar surface area (TPSA) is 109 Å². The first-order valence-corrected chi connectivity index (χ1v) is 16.0. The van der Waals surface area contributed by atoms with Crippen molar-refractivity contribution in [1.82, 2.24) is 19.8 Å². The summed E-state index contributed by atoms with van der Waals surface area (Å²) in [4.78, 5) is 38.0. The highest BCUT2D eigenvalue weighted by Gasteiger charge is 2.20. The number of amides is 1. The van der Waals surface area contributed by atoms with Gasteiger partial charge in [0.2, 0.25) is 5.91 Å². The minimum Gasteiger partial charge on any atom is -0.491 e. The lowest BCUT2D eigenvalue weighted by molar-refractivity contribution is -0.144. The van der Waals surface area contributed by atoms with Crippen LogP contribution in [0.1, 0.15) is 39.0 Å². The Morgan fingerprint density at radius 1 is 1.07 bits per heavy atom. The molecule has 0 spiro atoms. The van der Waals surface area contributed by atoms with Crippen LogP contribution in [0, 0.1) is 11.7 Å². The molecule has 2 aliphatic rings. The molecule has 2 N–H and O–H groups in total. The molecule has 0 radical (unpaired) electrons. The standard InChI is InChI=1S/C33H40ClFN6O4/c1-2-44-32(43)20-41-15-13-40(14-16-41)12-6-9-31(42)39-29-18-25-28(19-30(29)45-21-23-7-4-3-5-8-23)36-22-37-33(25)38-24-10-11-27(35)26(34)17-24/h6,9-11,17-19,22-23H,2-5,7-8,12-16,20-21H2,1H3,(H,39,42)(H,36,37,38). The molecular weight excluding hydrogens is 599 g/mol. The molecule has 45 heavy (non-hydrogen) atoms. The van der Waals surface area contributed by atoms with Gasteiger partial charge in [-0.15, -0.1) is 0 Å². The van der Waals surface area contributed by atoms with Crippen molar-refractivity contribution < 1.29 is 23.5 Å². The largest absolute Gasteiger partial charge is 0.491 e. The van der Waals surface area contributed by atoms with Crippen LogP contribution in [0.5, 0.6) is 5.75 Å². The first-order valence-electron chi connectivity index (χ1n) is 15.6. The number of hydrogen-bond acceptors (Lipinski definition) is 9. The lowest BCUT2D eigenvalue weighted by atomic mass is 9.90. The van der Waals surface area contributed by atoms with Gasteiger partial charge in [-0.1, -0.05) is 36.9 Å². The summed E-state index contributed by atoms with van der Waals surface area (Å²) in [6.07, 6.45) is 10.7. The van der Waals surface area contributed by atoms with Crippen molar-refractivity contribution in [3.8, 4) is 5.75 Å². The Morgan fingerprint density at radius 3 is 2.60 bits per heavy atom. The second kappa shape index (κ2) is 16.0. The molecule has 0 atom stereocenters. The first-order chi connectivity index (χ1) is 21.9. The Kier molecular flexibility index (Phi) is 11.6. The van der Waals surface area contributed by atoms with Crippen LogP contribution in [0.3, 0.4) is 0 Å². The number of fused-ring (bicyclic) bond motifs is 1. The van der Waals surface area contributed by atoms with Crippen LogP contribution in [-0.4, -0.2) is 84.1 Å². The molecule has 1 aliphatic carbocycles. The van der Waals surface area contributed by atoms with E-state index in [2.05, 4.69) is 30.4 Å². The maximum absolute atomic E-state index is 13.7. The molecule has 1 aromatic heterocycles. The van der Waals surface area contributed by atoms with E-state index in [-0.39, 0.29) is 16.9 Å². The van der Waals surface area contributed by atoms with Crippen molar-refractivity contribution in [2.75, 3.05) is 63.1 Å². The fourth-order valence-electron chi connectivity index (χ4n) is 5.68. The number of carbonyl (C=O) groups excluding carboxylic acids is 2. The number of carbonyl (C=O) groups is 2. The molecule has 3 aromatic rings. The Balaban J connectivity index is 1.27. The number of piperazine rings is 1. The van der Waals surface area contributed by atoms with Gasteiger partial charge >= 0.3 is 5.97 Å². The van der Waals surface area contributed by atoms with Gasteiger partial charge in [0.1, 0.15) is 23.7 Å². The summed E-state index contributed by atoms with van der Waals surface area (Å²) in [6, 6.07) is 7.96. The van der Waals surface area contributed by atoms with E-state index in [0.717, 1.165) is 39.0 Å². The van der Waals surface area contributed by atoms with Crippen LogP contribution < -0.4 is 15.4 Å². The normalized spacial score (nSPS) is 16.6. The zero-order chi connectivity index (χ0) is 31.6. The molecule has 2 fully saturated rings. The molecule has 1 saturated heterocycles. The fraction of sp³-hybridized carbons (Fsp3) is 0.455. The minimum absolute atomic E-state index is 0.00458. The summed E-state index contributed by atoms with van der Waals surface area (Å²) in [5.41, 5.74) is 1.71. The zero-order valence-corrected chi connectivity index (χ0v) is 26.3. The van der Waals surface area contributed by atoms with Crippen molar-refractivity contribution in [3.05, 3.63) is 59.7 Å². The van der Waals surface area contributed by atoms with E-state index in [4.69, 9.17) is 21.1 Å². The number of aromatic nitrogens is 2. The molecule has 0 bridgehead atoms.